The van der Waals surface area contributed by atoms with Gasteiger partial charge in [-0.15, -0.1) is 11.3 Å². The highest BCUT2D eigenvalue weighted by Crippen LogP contribution is 2.27. The van der Waals surface area contributed by atoms with Gasteiger partial charge in [-0.3, -0.25) is 0 Å². The van der Waals surface area contributed by atoms with E-state index in [2.05, 4.69) is 63.7 Å². The molecule has 0 saturated carbocycles. The summed E-state index contributed by atoms with van der Waals surface area (Å²) < 4.78 is 1.02. The summed E-state index contributed by atoms with van der Waals surface area (Å²) in [6, 6.07) is 6.69. The third kappa shape index (κ3) is 3.07. The summed E-state index contributed by atoms with van der Waals surface area (Å²) in [7, 11) is 0. The van der Waals surface area contributed by atoms with E-state index in [4.69, 9.17) is 0 Å². The molecule has 0 aliphatic rings. The van der Waals surface area contributed by atoms with E-state index in [9.17, 15) is 0 Å². The Labute approximate surface area is 114 Å². The molecule has 4 heteroatoms. The molecular formula is C13H15BrN2S. The summed E-state index contributed by atoms with van der Waals surface area (Å²) in [5.74, 6) is 0.966. The lowest BCUT2D eigenvalue weighted by Gasteiger charge is -2.17. The van der Waals surface area contributed by atoms with Gasteiger partial charge in [-0.1, -0.05) is 13.0 Å². The number of aryl methyl sites for hydroxylation is 1. The van der Waals surface area contributed by atoms with Crippen molar-refractivity contribution in [1.82, 2.24) is 4.98 Å². The molecular weight excluding hydrogens is 296 g/mol. The summed E-state index contributed by atoms with van der Waals surface area (Å²) in [6.45, 7) is 4.26. The van der Waals surface area contributed by atoms with Gasteiger partial charge in [-0.2, -0.15) is 0 Å². The maximum absolute atomic E-state index is 4.42. The fourth-order valence-corrected chi connectivity index (χ4v) is 3.03. The average Bonchev–Trinajstić information content (AvgIpc) is 2.81. The number of halogens is 1. The van der Waals surface area contributed by atoms with E-state index in [1.54, 1.807) is 11.3 Å². The van der Waals surface area contributed by atoms with Crippen molar-refractivity contribution < 1.29 is 0 Å². The molecule has 0 aliphatic heterocycles. The molecule has 0 bridgehead atoms. The molecule has 1 atom stereocenters. The molecule has 17 heavy (non-hydrogen) atoms. The first-order chi connectivity index (χ1) is 8.20. The van der Waals surface area contributed by atoms with E-state index < -0.39 is 0 Å². The van der Waals surface area contributed by atoms with Crippen LogP contribution in [0.5, 0.6) is 0 Å². The number of nitrogens with zero attached hydrogens (tertiary/aromatic N) is 1. The average molecular weight is 311 g/mol. The summed E-state index contributed by atoms with van der Waals surface area (Å²) in [5.41, 5.74) is 1.16. The molecule has 90 valence electrons. The minimum Gasteiger partial charge on any atom is -0.362 e. The van der Waals surface area contributed by atoms with Crippen molar-refractivity contribution in [2.75, 3.05) is 5.32 Å². The van der Waals surface area contributed by atoms with Gasteiger partial charge in [0.15, 0.2) is 0 Å². The number of anilines is 1. The molecule has 0 aliphatic carbocycles. The van der Waals surface area contributed by atoms with Crippen LogP contribution in [-0.2, 0) is 0 Å². The van der Waals surface area contributed by atoms with Crippen molar-refractivity contribution in [1.29, 1.82) is 0 Å². The minimum absolute atomic E-state index is 0.349. The molecule has 2 nitrogen and oxygen atoms in total. The van der Waals surface area contributed by atoms with Crippen LogP contribution in [0.2, 0.25) is 0 Å². The maximum Gasteiger partial charge on any atom is 0.129 e. The Morgan fingerprint density at radius 1 is 1.53 bits per heavy atom. The summed E-state index contributed by atoms with van der Waals surface area (Å²) in [5, 5.41) is 5.62. The van der Waals surface area contributed by atoms with Gasteiger partial charge in [0.2, 0.25) is 0 Å². The number of thiophene rings is 1. The molecule has 0 spiro atoms. The Balaban J connectivity index is 2.19. The van der Waals surface area contributed by atoms with Crippen molar-refractivity contribution in [2.24, 2.45) is 0 Å². The monoisotopic (exact) mass is 310 g/mol. The number of hydrogen-bond acceptors (Lipinski definition) is 3. The minimum atomic E-state index is 0.349. The van der Waals surface area contributed by atoms with Gasteiger partial charge >= 0.3 is 0 Å². The second kappa shape index (κ2) is 5.65. The van der Waals surface area contributed by atoms with Crippen molar-refractivity contribution in [3.63, 3.8) is 0 Å². The van der Waals surface area contributed by atoms with Gasteiger partial charge in [0.05, 0.1) is 6.04 Å². The second-order valence-corrected chi connectivity index (χ2v) is 5.83. The lowest BCUT2D eigenvalue weighted by atomic mass is 10.1. The zero-order valence-electron chi connectivity index (χ0n) is 9.90. The molecule has 0 fully saturated rings. The van der Waals surface area contributed by atoms with Gasteiger partial charge in [0, 0.05) is 15.5 Å². The first-order valence-electron chi connectivity index (χ1n) is 5.62. The van der Waals surface area contributed by atoms with E-state index in [0.29, 0.717) is 6.04 Å². The predicted octanol–water partition coefficient (Wildman–Crippen LogP) is 4.78. The largest absolute Gasteiger partial charge is 0.362 e. The normalized spacial score (nSPS) is 12.4. The fourth-order valence-electron chi connectivity index (χ4n) is 1.72. The molecule has 0 radical (unpaired) electrons. The Morgan fingerprint density at radius 3 is 2.94 bits per heavy atom. The van der Waals surface area contributed by atoms with Crippen LogP contribution in [0.4, 0.5) is 5.82 Å². The summed E-state index contributed by atoms with van der Waals surface area (Å²) in [6.07, 6.45) is 2.88. The van der Waals surface area contributed by atoms with Crippen LogP contribution >= 0.6 is 27.3 Å². The molecule has 2 rings (SSSR count). The highest BCUT2D eigenvalue weighted by molar-refractivity contribution is 9.10. The van der Waals surface area contributed by atoms with Crippen molar-refractivity contribution in [3.05, 3.63) is 44.7 Å². The van der Waals surface area contributed by atoms with E-state index in [1.165, 1.54) is 4.88 Å². The summed E-state index contributed by atoms with van der Waals surface area (Å²) >= 11 is 5.21. The third-order valence-electron chi connectivity index (χ3n) is 2.65. The maximum atomic E-state index is 4.42. The molecule has 1 unspecified atom stereocenters. The topological polar surface area (TPSA) is 24.9 Å². The van der Waals surface area contributed by atoms with Crippen LogP contribution in [0.25, 0.3) is 0 Å². The highest BCUT2D eigenvalue weighted by atomic mass is 79.9. The Kier molecular flexibility index (Phi) is 4.18. The standard InChI is InChI=1S/C13H15BrN2S/c1-3-11(12-5-4-6-17-12)16-13-9(2)7-10(14)8-15-13/h4-8,11H,3H2,1-2H3,(H,15,16). The van der Waals surface area contributed by atoms with Gasteiger partial charge in [0.25, 0.3) is 0 Å². The van der Waals surface area contributed by atoms with Crippen LogP contribution in [0.3, 0.4) is 0 Å². The molecule has 0 aromatic carbocycles. The SMILES string of the molecule is CCC(Nc1ncc(Br)cc1C)c1cccs1. The Hall–Kier alpha value is -0.870. The number of rotatable bonds is 4. The lowest BCUT2D eigenvalue weighted by molar-refractivity contribution is 0.757. The smallest absolute Gasteiger partial charge is 0.129 e. The van der Waals surface area contributed by atoms with Crippen molar-refractivity contribution in [3.8, 4) is 0 Å². The number of nitrogens with one attached hydrogen (secondary N) is 1. The van der Waals surface area contributed by atoms with Gasteiger partial charge in [0.1, 0.15) is 5.82 Å². The number of pyridine rings is 1. The van der Waals surface area contributed by atoms with Crippen LogP contribution in [0.1, 0.15) is 29.8 Å². The van der Waals surface area contributed by atoms with Crippen LogP contribution in [-0.4, -0.2) is 4.98 Å². The highest BCUT2D eigenvalue weighted by Gasteiger charge is 2.11. The second-order valence-electron chi connectivity index (χ2n) is 3.94. The quantitative estimate of drug-likeness (QED) is 0.879. The lowest BCUT2D eigenvalue weighted by Crippen LogP contribution is -2.10. The van der Waals surface area contributed by atoms with Crippen molar-refractivity contribution in [2.45, 2.75) is 26.3 Å². The molecule has 0 saturated heterocycles. The molecule has 2 aromatic heterocycles. The van der Waals surface area contributed by atoms with Gasteiger partial charge in [-0.05, 0) is 52.4 Å². The zero-order chi connectivity index (χ0) is 12.3. The molecule has 2 aromatic rings. The third-order valence-corrected chi connectivity index (χ3v) is 4.07. The van der Waals surface area contributed by atoms with Crippen LogP contribution in [0, 0.1) is 6.92 Å². The predicted molar refractivity (Wildman–Crippen MR) is 77.6 cm³/mol. The summed E-state index contributed by atoms with van der Waals surface area (Å²) in [4.78, 5) is 5.78. The van der Waals surface area contributed by atoms with E-state index in [-0.39, 0.29) is 0 Å². The van der Waals surface area contributed by atoms with E-state index >= 15 is 0 Å². The first-order valence-corrected chi connectivity index (χ1v) is 7.30. The van der Waals surface area contributed by atoms with Crippen LogP contribution < -0.4 is 5.32 Å². The van der Waals surface area contributed by atoms with E-state index in [0.717, 1.165) is 22.3 Å². The fraction of sp³-hybridized carbons (Fsp3) is 0.308. The van der Waals surface area contributed by atoms with E-state index in [1.807, 2.05) is 6.20 Å². The molecule has 1 N–H and O–H groups in total. The number of hydrogen-bond donors (Lipinski definition) is 1. The van der Waals surface area contributed by atoms with Gasteiger partial charge < -0.3 is 5.32 Å². The number of aromatic nitrogens is 1. The Bertz CT molecular complexity index is 482. The van der Waals surface area contributed by atoms with Gasteiger partial charge in [-0.25, -0.2) is 4.98 Å². The zero-order valence-corrected chi connectivity index (χ0v) is 12.3. The molecule has 2 heterocycles. The van der Waals surface area contributed by atoms with Crippen molar-refractivity contribution >= 4 is 33.1 Å². The molecule has 0 amide bonds. The first kappa shape index (κ1) is 12.6. The van der Waals surface area contributed by atoms with Crippen LogP contribution in [0.15, 0.2) is 34.2 Å². The Morgan fingerprint density at radius 2 is 2.35 bits per heavy atom.